The smallest absolute Gasteiger partial charge is 0.257 e. The summed E-state index contributed by atoms with van der Waals surface area (Å²) < 4.78 is 20.3. The molecule has 1 fully saturated rings. The van der Waals surface area contributed by atoms with Crippen LogP contribution in [0.4, 0.5) is 10.1 Å². The second-order valence-electron chi connectivity index (χ2n) is 7.25. The van der Waals surface area contributed by atoms with E-state index in [-0.39, 0.29) is 28.6 Å². The van der Waals surface area contributed by atoms with Crippen molar-refractivity contribution in [2.24, 2.45) is 7.05 Å². The van der Waals surface area contributed by atoms with Gasteiger partial charge in [0.2, 0.25) is 5.78 Å². The third-order valence-corrected chi connectivity index (χ3v) is 5.31. The van der Waals surface area contributed by atoms with Gasteiger partial charge in [0.15, 0.2) is 6.23 Å². The highest BCUT2D eigenvalue weighted by Gasteiger charge is 2.30. The number of rotatable bonds is 6. The normalized spacial score (nSPS) is 16.9. The SMILES string of the molecule is Cc1c(C(=O)Nc2ccc(F)c(C#N)c2)c(C)n(C)c1C(=O)C(O)NC1CCOC1. The number of nitrogens with one attached hydrogen (secondary N) is 2. The molecule has 0 radical (unpaired) electrons. The number of amides is 1. The minimum atomic E-state index is -1.42. The van der Waals surface area contributed by atoms with E-state index in [4.69, 9.17) is 10.00 Å². The van der Waals surface area contributed by atoms with Crippen LogP contribution in [-0.4, -0.2) is 46.8 Å². The van der Waals surface area contributed by atoms with Crippen molar-refractivity contribution in [3.8, 4) is 6.07 Å². The molecule has 8 nitrogen and oxygen atoms in total. The quantitative estimate of drug-likeness (QED) is 0.490. The first-order valence-corrected chi connectivity index (χ1v) is 9.47. The lowest BCUT2D eigenvalue weighted by Crippen LogP contribution is -2.44. The van der Waals surface area contributed by atoms with Crippen LogP contribution in [0.2, 0.25) is 0 Å². The summed E-state index contributed by atoms with van der Waals surface area (Å²) in [7, 11) is 1.64. The van der Waals surface area contributed by atoms with Crippen LogP contribution in [0.25, 0.3) is 0 Å². The molecule has 0 aliphatic carbocycles. The molecule has 1 amide bonds. The summed E-state index contributed by atoms with van der Waals surface area (Å²) in [6, 6.07) is 5.31. The molecule has 2 aromatic rings. The summed E-state index contributed by atoms with van der Waals surface area (Å²) in [6.45, 7) is 4.31. The number of ketones is 1. The van der Waals surface area contributed by atoms with E-state index in [1.54, 1.807) is 31.5 Å². The molecule has 9 heteroatoms. The number of aromatic nitrogens is 1. The maximum Gasteiger partial charge on any atom is 0.257 e. The van der Waals surface area contributed by atoms with Crippen molar-refractivity contribution >= 4 is 17.4 Å². The zero-order valence-electron chi connectivity index (χ0n) is 17.0. The Morgan fingerprint density at radius 2 is 2.13 bits per heavy atom. The van der Waals surface area contributed by atoms with Crippen molar-refractivity contribution in [2.75, 3.05) is 18.5 Å². The second kappa shape index (κ2) is 8.75. The van der Waals surface area contributed by atoms with Crippen LogP contribution >= 0.6 is 0 Å². The minimum Gasteiger partial charge on any atom is -0.380 e. The van der Waals surface area contributed by atoms with Crippen LogP contribution in [0.15, 0.2) is 18.2 Å². The number of aliphatic hydroxyl groups excluding tert-OH is 1. The van der Waals surface area contributed by atoms with Gasteiger partial charge in [-0.05, 0) is 44.0 Å². The largest absolute Gasteiger partial charge is 0.380 e. The summed E-state index contributed by atoms with van der Waals surface area (Å²) in [5.74, 6) is -1.72. The molecule has 1 aliphatic heterocycles. The van der Waals surface area contributed by atoms with Crippen molar-refractivity contribution in [1.82, 2.24) is 9.88 Å². The molecule has 1 aliphatic rings. The highest BCUT2D eigenvalue weighted by Crippen LogP contribution is 2.24. The third kappa shape index (κ3) is 4.11. The highest BCUT2D eigenvalue weighted by atomic mass is 19.1. The number of Topliss-reactive ketones (excluding diaryl/α,β-unsaturated/α-hetero) is 1. The molecular weight excluding hydrogens is 391 g/mol. The Morgan fingerprint density at radius 1 is 1.40 bits per heavy atom. The molecule has 2 heterocycles. The fourth-order valence-electron chi connectivity index (χ4n) is 3.64. The van der Waals surface area contributed by atoms with Gasteiger partial charge in [0.25, 0.3) is 5.91 Å². The highest BCUT2D eigenvalue weighted by molar-refractivity contribution is 6.09. The fraction of sp³-hybridized carbons (Fsp3) is 0.381. The molecule has 1 saturated heterocycles. The summed E-state index contributed by atoms with van der Waals surface area (Å²) in [6.07, 6.45) is -0.722. The van der Waals surface area contributed by atoms with Crippen molar-refractivity contribution in [2.45, 2.75) is 32.5 Å². The number of halogens is 1. The Balaban J connectivity index is 1.85. The van der Waals surface area contributed by atoms with E-state index >= 15 is 0 Å². The topological polar surface area (TPSA) is 116 Å². The molecule has 0 spiro atoms. The Hall–Kier alpha value is -3.06. The van der Waals surface area contributed by atoms with E-state index < -0.39 is 23.7 Å². The lowest BCUT2D eigenvalue weighted by atomic mass is 10.1. The van der Waals surface area contributed by atoms with Gasteiger partial charge in [-0.15, -0.1) is 0 Å². The molecule has 1 aromatic heterocycles. The van der Waals surface area contributed by atoms with Crippen LogP contribution in [-0.2, 0) is 11.8 Å². The lowest BCUT2D eigenvalue weighted by Gasteiger charge is -2.17. The Labute approximate surface area is 173 Å². The molecular formula is C21H23FN4O4. The average Bonchev–Trinajstić information content (AvgIpc) is 3.29. The van der Waals surface area contributed by atoms with Gasteiger partial charge in [0.05, 0.1) is 23.4 Å². The van der Waals surface area contributed by atoms with Gasteiger partial charge in [-0.3, -0.25) is 14.9 Å². The first kappa shape index (κ1) is 21.6. The second-order valence-corrected chi connectivity index (χ2v) is 7.25. The van der Waals surface area contributed by atoms with Crippen molar-refractivity contribution in [1.29, 1.82) is 5.26 Å². The van der Waals surface area contributed by atoms with Crippen LogP contribution in [0.1, 0.15) is 44.1 Å². The number of anilines is 1. The van der Waals surface area contributed by atoms with E-state index in [1.807, 2.05) is 0 Å². The van der Waals surface area contributed by atoms with Gasteiger partial charge in [-0.25, -0.2) is 4.39 Å². The van der Waals surface area contributed by atoms with Crippen molar-refractivity contribution < 1.29 is 23.8 Å². The van der Waals surface area contributed by atoms with Crippen molar-refractivity contribution in [3.63, 3.8) is 0 Å². The summed E-state index contributed by atoms with van der Waals surface area (Å²) in [5.41, 5.74) is 1.52. The van der Waals surface area contributed by atoms with Crippen LogP contribution < -0.4 is 10.6 Å². The maximum absolute atomic E-state index is 13.5. The number of nitrogens with zero attached hydrogens (tertiary/aromatic N) is 2. The lowest BCUT2D eigenvalue weighted by molar-refractivity contribution is 0.0621. The van der Waals surface area contributed by atoms with Gasteiger partial charge in [-0.1, -0.05) is 0 Å². The maximum atomic E-state index is 13.5. The summed E-state index contributed by atoms with van der Waals surface area (Å²) >= 11 is 0. The first-order valence-electron chi connectivity index (χ1n) is 9.47. The molecule has 2 unspecified atom stereocenters. The fourth-order valence-corrected chi connectivity index (χ4v) is 3.64. The van der Waals surface area contributed by atoms with E-state index in [2.05, 4.69) is 10.6 Å². The van der Waals surface area contributed by atoms with E-state index in [0.29, 0.717) is 30.9 Å². The van der Waals surface area contributed by atoms with Gasteiger partial charge >= 0.3 is 0 Å². The predicted octanol–water partition coefficient (Wildman–Crippen LogP) is 1.78. The molecule has 2 atom stereocenters. The molecule has 0 saturated carbocycles. The number of nitriles is 1. The predicted molar refractivity (Wildman–Crippen MR) is 107 cm³/mol. The number of aliphatic hydroxyl groups is 1. The molecule has 158 valence electrons. The summed E-state index contributed by atoms with van der Waals surface area (Å²) in [5, 5.41) is 24.8. The number of benzene rings is 1. The first-order chi connectivity index (χ1) is 14.2. The van der Waals surface area contributed by atoms with E-state index in [1.165, 1.54) is 12.1 Å². The third-order valence-electron chi connectivity index (χ3n) is 5.31. The zero-order valence-corrected chi connectivity index (χ0v) is 17.0. The zero-order chi connectivity index (χ0) is 22.0. The van der Waals surface area contributed by atoms with Gasteiger partial charge in [0, 0.05) is 31.1 Å². The molecule has 0 bridgehead atoms. The van der Waals surface area contributed by atoms with E-state index in [0.717, 1.165) is 6.07 Å². The Kier molecular flexibility index (Phi) is 6.31. The van der Waals surface area contributed by atoms with Crippen molar-refractivity contribution in [3.05, 3.63) is 52.1 Å². The Morgan fingerprint density at radius 3 is 2.77 bits per heavy atom. The molecule has 1 aromatic carbocycles. The molecule has 3 N–H and O–H groups in total. The van der Waals surface area contributed by atoms with Crippen LogP contribution in [0.5, 0.6) is 0 Å². The monoisotopic (exact) mass is 414 g/mol. The average molecular weight is 414 g/mol. The minimum absolute atomic E-state index is 0.110. The van der Waals surface area contributed by atoms with Crippen LogP contribution in [0.3, 0.4) is 0 Å². The standard InChI is InChI=1S/C21H23FN4O4/c1-11-17(20(28)24-14-4-5-16(22)13(8-14)9-23)12(2)26(3)18(11)19(27)21(29)25-15-6-7-30-10-15/h4-5,8,15,21,25,29H,6-7,10H2,1-3H3,(H,24,28). The number of hydrogen-bond donors (Lipinski definition) is 3. The molecule has 30 heavy (non-hydrogen) atoms. The number of hydrogen-bond acceptors (Lipinski definition) is 6. The summed E-state index contributed by atoms with van der Waals surface area (Å²) in [4.78, 5) is 25.7. The number of carbonyl (C=O) groups excluding carboxylic acids is 2. The number of ether oxygens (including phenoxy) is 1. The number of carbonyl (C=O) groups is 2. The van der Waals surface area contributed by atoms with E-state index in [9.17, 15) is 19.1 Å². The molecule has 3 rings (SSSR count). The van der Waals surface area contributed by atoms with Crippen LogP contribution in [0, 0.1) is 31.0 Å². The Bertz CT molecular complexity index is 1030. The van der Waals surface area contributed by atoms with Gasteiger partial charge < -0.3 is 19.7 Å². The van der Waals surface area contributed by atoms with Gasteiger partial charge in [-0.2, -0.15) is 5.26 Å². The van der Waals surface area contributed by atoms with Gasteiger partial charge in [0.1, 0.15) is 11.9 Å².